The van der Waals surface area contributed by atoms with E-state index in [-0.39, 0.29) is 12.1 Å². The summed E-state index contributed by atoms with van der Waals surface area (Å²) >= 11 is 0. The predicted molar refractivity (Wildman–Crippen MR) is 64.9 cm³/mol. The SMILES string of the molecule is CCC(CC)(CO)NCC1CC=CCC1. The number of aliphatic hydroxyl groups is 1. The molecule has 1 rings (SSSR count). The van der Waals surface area contributed by atoms with E-state index in [1.54, 1.807) is 0 Å². The summed E-state index contributed by atoms with van der Waals surface area (Å²) in [5, 5.41) is 13.0. The van der Waals surface area contributed by atoms with Gasteiger partial charge in [-0.2, -0.15) is 0 Å². The van der Waals surface area contributed by atoms with E-state index in [0.29, 0.717) is 0 Å². The van der Waals surface area contributed by atoms with Crippen molar-refractivity contribution in [3.05, 3.63) is 12.2 Å². The first kappa shape index (κ1) is 12.7. The van der Waals surface area contributed by atoms with E-state index in [1.807, 2.05) is 0 Å². The molecule has 0 heterocycles. The maximum absolute atomic E-state index is 9.43. The number of nitrogens with one attached hydrogen (secondary N) is 1. The molecule has 2 nitrogen and oxygen atoms in total. The van der Waals surface area contributed by atoms with Crippen LogP contribution >= 0.6 is 0 Å². The molecule has 2 heteroatoms. The lowest BCUT2D eigenvalue weighted by Crippen LogP contribution is -2.49. The normalized spacial score (nSPS) is 21.9. The third-order valence-corrected chi connectivity index (χ3v) is 3.80. The zero-order valence-corrected chi connectivity index (χ0v) is 10.1. The first-order valence-electron chi connectivity index (χ1n) is 6.27. The van der Waals surface area contributed by atoms with Crippen molar-refractivity contribution in [1.82, 2.24) is 5.32 Å². The molecule has 0 bridgehead atoms. The first-order valence-corrected chi connectivity index (χ1v) is 6.27. The highest BCUT2D eigenvalue weighted by atomic mass is 16.3. The molecule has 1 unspecified atom stereocenters. The molecule has 0 spiro atoms. The highest BCUT2D eigenvalue weighted by Gasteiger charge is 2.25. The molecule has 1 aliphatic rings. The van der Waals surface area contributed by atoms with Crippen LogP contribution in [-0.2, 0) is 0 Å². The Hall–Kier alpha value is -0.340. The van der Waals surface area contributed by atoms with Gasteiger partial charge in [0.25, 0.3) is 0 Å². The van der Waals surface area contributed by atoms with Crippen LogP contribution in [-0.4, -0.2) is 23.8 Å². The predicted octanol–water partition coefficient (Wildman–Crippen LogP) is 2.48. The van der Waals surface area contributed by atoms with E-state index in [0.717, 1.165) is 25.3 Å². The van der Waals surface area contributed by atoms with Crippen LogP contribution in [0.4, 0.5) is 0 Å². The number of aliphatic hydroxyl groups excluding tert-OH is 1. The topological polar surface area (TPSA) is 32.3 Å². The van der Waals surface area contributed by atoms with Gasteiger partial charge in [-0.3, -0.25) is 0 Å². The van der Waals surface area contributed by atoms with Gasteiger partial charge in [0, 0.05) is 5.54 Å². The Bertz CT molecular complexity index is 188. The van der Waals surface area contributed by atoms with Crippen LogP contribution in [0.5, 0.6) is 0 Å². The second kappa shape index (κ2) is 6.29. The molecule has 0 amide bonds. The molecule has 15 heavy (non-hydrogen) atoms. The molecule has 0 aromatic rings. The third-order valence-electron chi connectivity index (χ3n) is 3.80. The van der Waals surface area contributed by atoms with Gasteiger partial charge in [-0.1, -0.05) is 26.0 Å². The van der Waals surface area contributed by atoms with Gasteiger partial charge in [-0.15, -0.1) is 0 Å². The summed E-state index contributed by atoms with van der Waals surface area (Å²) in [6, 6.07) is 0. The summed E-state index contributed by atoms with van der Waals surface area (Å²) in [6.45, 7) is 5.59. The van der Waals surface area contributed by atoms with E-state index in [4.69, 9.17) is 0 Å². The minimum absolute atomic E-state index is 0.0405. The molecule has 1 aliphatic carbocycles. The maximum atomic E-state index is 9.43. The maximum Gasteiger partial charge on any atom is 0.0613 e. The highest BCUT2D eigenvalue weighted by Crippen LogP contribution is 2.20. The van der Waals surface area contributed by atoms with Crippen molar-refractivity contribution in [2.45, 2.75) is 51.5 Å². The fourth-order valence-corrected chi connectivity index (χ4v) is 2.18. The van der Waals surface area contributed by atoms with Gasteiger partial charge in [0.2, 0.25) is 0 Å². The Kier molecular flexibility index (Phi) is 5.34. The van der Waals surface area contributed by atoms with Crippen LogP contribution in [0.2, 0.25) is 0 Å². The van der Waals surface area contributed by atoms with Crippen molar-refractivity contribution in [2.75, 3.05) is 13.2 Å². The van der Waals surface area contributed by atoms with Crippen molar-refractivity contribution < 1.29 is 5.11 Å². The lowest BCUT2D eigenvalue weighted by molar-refractivity contribution is 0.144. The van der Waals surface area contributed by atoms with E-state index >= 15 is 0 Å². The molecular formula is C13H25NO. The average molecular weight is 211 g/mol. The molecule has 0 aliphatic heterocycles. The van der Waals surface area contributed by atoms with Crippen LogP contribution in [0.15, 0.2) is 12.2 Å². The Balaban J connectivity index is 2.35. The Labute approximate surface area is 93.8 Å². The number of hydrogen-bond acceptors (Lipinski definition) is 2. The molecule has 1 atom stereocenters. The summed E-state index contributed by atoms with van der Waals surface area (Å²) in [5.41, 5.74) is -0.0405. The molecule has 0 aromatic carbocycles. The van der Waals surface area contributed by atoms with Crippen LogP contribution in [0.1, 0.15) is 46.0 Å². The van der Waals surface area contributed by atoms with Crippen LogP contribution in [0.3, 0.4) is 0 Å². The third kappa shape index (κ3) is 3.62. The van der Waals surface area contributed by atoms with E-state index in [2.05, 4.69) is 31.3 Å². The zero-order valence-electron chi connectivity index (χ0n) is 10.1. The van der Waals surface area contributed by atoms with Gasteiger partial charge >= 0.3 is 0 Å². The molecular weight excluding hydrogens is 186 g/mol. The van der Waals surface area contributed by atoms with E-state index in [1.165, 1.54) is 19.3 Å². The quantitative estimate of drug-likeness (QED) is 0.662. The van der Waals surface area contributed by atoms with E-state index < -0.39 is 0 Å². The van der Waals surface area contributed by atoms with E-state index in [9.17, 15) is 5.11 Å². The Morgan fingerprint density at radius 2 is 2.07 bits per heavy atom. The summed E-state index contributed by atoms with van der Waals surface area (Å²) in [5.74, 6) is 0.763. The van der Waals surface area contributed by atoms with Gasteiger partial charge < -0.3 is 10.4 Å². The highest BCUT2D eigenvalue weighted by molar-refractivity contribution is 4.92. The molecule has 0 saturated heterocycles. The van der Waals surface area contributed by atoms with Crippen LogP contribution < -0.4 is 5.32 Å². The average Bonchev–Trinajstić information content (AvgIpc) is 2.33. The Morgan fingerprint density at radius 1 is 1.33 bits per heavy atom. The number of hydrogen-bond donors (Lipinski definition) is 2. The number of rotatable bonds is 6. The standard InChI is InChI=1S/C13H25NO/c1-3-13(4-2,11-15)14-10-12-8-6-5-7-9-12/h5-6,12,14-15H,3-4,7-11H2,1-2H3. The van der Waals surface area contributed by atoms with Crippen molar-refractivity contribution in [3.63, 3.8) is 0 Å². The molecule has 0 radical (unpaired) electrons. The van der Waals surface area contributed by atoms with Crippen molar-refractivity contribution >= 4 is 0 Å². The summed E-state index contributed by atoms with van der Waals surface area (Å²) in [7, 11) is 0. The first-order chi connectivity index (χ1) is 7.26. The van der Waals surface area contributed by atoms with Gasteiger partial charge in [-0.25, -0.2) is 0 Å². The summed E-state index contributed by atoms with van der Waals surface area (Å²) < 4.78 is 0. The smallest absolute Gasteiger partial charge is 0.0613 e. The molecule has 0 aromatic heterocycles. The van der Waals surface area contributed by atoms with Crippen molar-refractivity contribution in [1.29, 1.82) is 0 Å². The van der Waals surface area contributed by atoms with Crippen molar-refractivity contribution in [3.8, 4) is 0 Å². The monoisotopic (exact) mass is 211 g/mol. The summed E-state index contributed by atoms with van der Waals surface area (Å²) in [6.07, 6.45) is 10.3. The minimum atomic E-state index is -0.0405. The van der Waals surface area contributed by atoms with Crippen LogP contribution in [0.25, 0.3) is 0 Å². The fraction of sp³-hybridized carbons (Fsp3) is 0.846. The lowest BCUT2D eigenvalue weighted by Gasteiger charge is -2.33. The Morgan fingerprint density at radius 3 is 2.53 bits per heavy atom. The van der Waals surface area contributed by atoms with Crippen LogP contribution in [0, 0.1) is 5.92 Å². The largest absolute Gasteiger partial charge is 0.394 e. The fourth-order valence-electron chi connectivity index (χ4n) is 2.18. The second-order valence-corrected chi connectivity index (χ2v) is 4.68. The second-order valence-electron chi connectivity index (χ2n) is 4.68. The number of allylic oxidation sites excluding steroid dienone is 2. The van der Waals surface area contributed by atoms with Gasteiger partial charge in [0.15, 0.2) is 0 Å². The molecule has 0 fully saturated rings. The zero-order chi connectivity index (χ0) is 11.1. The molecule has 88 valence electrons. The lowest BCUT2D eigenvalue weighted by atomic mass is 9.90. The molecule has 2 N–H and O–H groups in total. The van der Waals surface area contributed by atoms with Gasteiger partial charge in [0.1, 0.15) is 0 Å². The minimum Gasteiger partial charge on any atom is -0.394 e. The summed E-state index contributed by atoms with van der Waals surface area (Å²) in [4.78, 5) is 0. The molecule has 0 saturated carbocycles. The van der Waals surface area contributed by atoms with Crippen molar-refractivity contribution in [2.24, 2.45) is 5.92 Å². The van der Waals surface area contributed by atoms with Gasteiger partial charge in [-0.05, 0) is 44.6 Å². The van der Waals surface area contributed by atoms with Gasteiger partial charge in [0.05, 0.1) is 6.61 Å².